The second-order valence-corrected chi connectivity index (χ2v) is 5.01. The van der Waals surface area contributed by atoms with Crippen molar-refractivity contribution in [3.63, 3.8) is 0 Å². The van der Waals surface area contributed by atoms with Crippen LogP contribution in [0.15, 0.2) is 0 Å². The molecule has 0 nitrogen and oxygen atoms in total. The fraction of sp³-hybridized carbons (Fsp3) is 0.455. The fourth-order valence-electron chi connectivity index (χ4n) is 1.77. The van der Waals surface area contributed by atoms with Gasteiger partial charge < -0.3 is 0 Å². The van der Waals surface area contributed by atoms with Gasteiger partial charge >= 0.3 is 0 Å². The number of hydrogen-bond donors (Lipinski definition) is 0. The first-order valence-corrected chi connectivity index (χ1v) is 5.81. The van der Waals surface area contributed by atoms with Crippen LogP contribution < -0.4 is 0 Å². The van der Waals surface area contributed by atoms with Gasteiger partial charge in [0.05, 0.1) is 10.0 Å². The lowest BCUT2D eigenvalue weighted by molar-refractivity contribution is 1.09. The highest BCUT2D eigenvalue weighted by Gasteiger charge is 2.30. The van der Waals surface area contributed by atoms with Crippen LogP contribution >= 0.6 is 34.8 Å². The largest absolute Gasteiger partial charge is 0.0837 e. The number of hydrogen-bond acceptors (Lipinski definition) is 0. The molecule has 0 radical (unpaired) electrons. The molecule has 1 fully saturated rings. The Labute approximate surface area is 99.2 Å². The predicted octanol–water partition coefficient (Wildman–Crippen LogP) is 5.14. The van der Waals surface area contributed by atoms with E-state index in [2.05, 4.69) is 0 Å². The Kier molecular flexibility index (Phi) is 2.72. The topological polar surface area (TPSA) is 0 Å². The van der Waals surface area contributed by atoms with Gasteiger partial charge in [-0.3, -0.25) is 0 Å². The number of halogens is 3. The summed E-state index contributed by atoms with van der Waals surface area (Å²) >= 11 is 18.5. The Balaban J connectivity index is 2.69. The summed E-state index contributed by atoms with van der Waals surface area (Å²) in [6.45, 7) is 3.91. The Bertz CT molecular complexity index is 363. The quantitative estimate of drug-likeness (QED) is 0.605. The summed E-state index contributed by atoms with van der Waals surface area (Å²) in [5.41, 5.74) is 3.17. The maximum Gasteiger partial charge on any atom is 0.0639 e. The van der Waals surface area contributed by atoms with Crippen molar-refractivity contribution in [3.8, 4) is 0 Å². The molecule has 76 valence electrons. The van der Waals surface area contributed by atoms with Gasteiger partial charge in [-0.25, -0.2) is 0 Å². The first-order chi connectivity index (χ1) is 6.54. The molecule has 1 aromatic rings. The third-order valence-corrected chi connectivity index (χ3v) is 4.34. The van der Waals surface area contributed by atoms with Crippen molar-refractivity contribution >= 4 is 34.8 Å². The minimum absolute atomic E-state index is 0.596. The van der Waals surface area contributed by atoms with E-state index in [-0.39, 0.29) is 0 Å². The van der Waals surface area contributed by atoms with Gasteiger partial charge in [0.2, 0.25) is 0 Å². The van der Waals surface area contributed by atoms with Crippen LogP contribution in [0, 0.1) is 13.8 Å². The number of rotatable bonds is 1. The van der Waals surface area contributed by atoms with E-state index in [1.165, 1.54) is 18.4 Å². The van der Waals surface area contributed by atoms with Gasteiger partial charge in [0.15, 0.2) is 0 Å². The van der Waals surface area contributed by atoms with Crippen LogP contribution in [0.4, 0.5) is 0 Å². The lowest BCUT2D eigenvalue weighted by Gasteiger charge is -2.14. The van der Waals surface area contributed by atoms with E-state index in [9.17, 15) is 0 Å². The van der Waals surface area contributed by atoms with Crippen molar-refractivity contribution in [1.29, 1.82) is 0 Å². The fourth-order valence-corrected chi connectivity index (χ4v) is 2.69. The molecule has 0 aromatic heterocycles. The summed E-state index contributed by atoms with van der Waals surface area (Å²) < 4.78 is 0. The van der Waals surface area contributed by atoms with Crippen LogP contribution in [0.3, 0.4) is 0 Å². The highest BCUT2D eigenvalue weighted by atomic mass is 35.5. The Hall–Kier alpha value is 0.0900. The summed E-state index contributed by atoms with van der Waals surface area (Å²) in [6, 6.07) is 0. The summed E-state index contributed by atoms with van der Waals surface area (Å²) in [4.78, 5) is 0. The van der Waals surface area contributed by atoms with Gasteiger partial charge in [-0.15, -0.1) is 0 Å². The van der Waals surface area contributed by atoms with E-state index in [0.29, 0.717) is 16.0 Å². The first-order valence-electron chi connectivity index (χ1n) is 4.67. The molecule has 0 unspecified atom stereocenters. The molecule has 1 aromatic carbocycles. The van der Waals surface area contributed by atoms with E-state index < -0.39 is 0 Å². The van der Waals surface area contributed by atoms with Crippen molar-refractivity contribution in [2.75, 3.05) is 0 Å². The molecule has 0 aliphatic heterocycles. The highest BCUT2D eigenvalue weighted by Crippen LogP contribution is 2.49. The van der Waals surface area contributed by atoms with Crippen molar-refractivity contribution in [2.24, 2.45) is 0 Å². The van der Waals surface area contributed by atoms with E-state index in [4.69, 9.17) is 34.8 Å². The molecule has 0 amide bonds. The standard InChI is InChI=1S/C11H11Cl3/c1-5-8(7-3-4-7)9(12)6(2)11(14)10(5)13/h7H,3-4H2,1-2H3. The van der Waals surface area contributed by atoms with Gasteiger partial charge in [-0.2, -0.15) is 0 Å². The second kappa shape index (κ2) is 3.59. The van der Waals surface area contributed by atoms with Crippen molar-refractivity contribution in [2.45, 2.75) is 32.6 Å². The molecule has 2 rings (SSSR count). The predicted molar refractivity (Wildman–Crippen MR) is 62.9 cm³/mol. The van der Waals surface area contributed by atoms with Crippen molar-refractivity contribution in [3.05, 3.63) is 31.8 Å². The molecule has 0 spiro atoms. The van der Waals surface area contributed by atoms with Gasteiger partial charge in [0.25, 0.3) is 0 Å². The normalized spacial score (nSPS) is 16.1. The summed E-state index contributed by atoms with van der Waals surface area (Å²) in [5.74, 6) is 0.607. The minimum atomic E-state index is 0.596. The third-order valence-electron chi connectivity index (χ3n) is 2.81. The van der Waals surface area contributed by atoms with E-state index in [0.717, 1.165) is 16.1 Å². The van der Waals surface area contributed by atoms with E-state index in [1.807, 2.05) is 13.8 Å². The molecule has 1 aliphatic carbocycles. The van der Waals surface area contributed by atoms with Crippen LogP contribution in [0.5, 0.6) is 0 Å². The minimum Gasteiger partial charge on any atom is -0.0837 e. The van der Waals surface area contributed by atoms with Gasteiger partial charge in [-0.1, -0.05) is 34.8 Å². The molecule has 1 aliphatic rings. The zero-order valence-electron chi connectivity index (χ0n) is 8.13. The average Bonchev–Trinajstić information content (AvgIpc) is 2.96. The zero-order chi connectivity index (χ0) is 10.5. The molecule has 1 saturated carbocycles. The molecule has 0 atom stereocenters. The van der Waals surface area contributed by atoms with E-state index in [1.54, 1.807) is 0 Å². The van der Waals surface area contributed by atoms with Crippen molar-refractivity contribution in [1.82, 2.24) is 0 Å². The Morgan fingerprint density at radius 2 is 1.36 bits per heavy atom. The van der Waals surface area contributed by atoms with Crippen molar-refractivity contribution < 1.29 is 0 Å². The Morgan fingerprint density at radius 3 is 1.86 bits per heavy atom. The second-order valence-electron chi connectivity index (χ2n) is 3.88. The van der Waals surface area contributed by atoms with Gasteiger partial charge in [-0.05, 0) is 49.3 Å². The average molecular weight is 250 g/mol. The van der Waals surface area contributed by atoms with Crippen LogP contribution in [0.2, 0.25) is 15.1 Å². The number of benzene rings is 1. The summed E-state index contributed by atoms with van der Waals surface area (Å²) in [5, 5.41) is 2.06. The molecular weight excluding hydrogens is 238 g/mol. The summed E-state index contributed by atoms with van der Waals surface area (Å²) in [6.07, 6.45) is 2.44. The zero-order valence-corrected chi connectivity index (χ0v) is 10.4. The van der Waals surface area contributed by atoms with Gasteiger partial charge in [0, 0.05) is 5.02 Å². The third kappa shape index (κ3) is 1.54. The lowest BCUT2D eigenvalue weighted by Crippen LogP contribution is -1.94. The first kappa shape index (κ1) is 10.6. The van der Waals surface area contributed by atoms with Crippen LogP contribution in [-0.2, 0) is 0 Å². The Morgan fingerprint density at radius 1 is 0.857 bits per heavy atom. The smallest absolute Gasteiger partial charge is 0.0639 e. The molecule has 3 heteroatoms. The molecule has 0 saturated heterocycles. The SMILES string of the molecule is Cc1c(Cl)c(Cl)c(C)c(C2CC2)c1Cl. The molecular formula is C11H11Cl3. The van der Waals surface area contributed by atoms with E-state index >= 15 is 0 Å². The molecule has 0 bridgehead atoms. The van der Waals surface area contributed by atoms with Gasteiger partial charge in [0.1, 0.15) is 0 Å². The molecule has 0 N–H and O–H groups in total. The summed E-state index contributed by atoms with van der Waals surface area (Å²) in [7, 11) is 0. The maximum absolute atomic E-state index is 6.27. The van der Waals surface area contributed by atoms with Crippen LogP contribution in [-0.4, -0.2) is 0 Å². The highest BCUT2D eigenvalue weighted by molar-refractivity contribution is 6.44. The van der Waals surface area contributed by atoms with Crippen LogP contribution in [0.1, 0.15) is 35.4 Å². The lowest BCUT2D eigenvalue weighted by atomic mass is 10.0. The monoisotopic (exact) mass is 248 g/mol. The molecule has 0 heterocycles. The molecule has 14 heavy (non-hydrogen) atoms. The maximum atomic E-state index is 6.27. The van der Waals surface area contributed by atoms with Crippen LogP contribution in [0.25, 0.3) is 0 Å².